The Kier molecular flexibility index (Phi) is 10.4. The van der Waals surface area contributed by atoms with E-state index in [0.717, 1.165) is 23.5 Å². The van der Waals surface area contributed by atoms with Gasteiger partial charge in [-0.25, -0.2) is 4.79 Å². The van der Waals surface area contributed by atoms with Gasteiger partial charge in [-0.15, -0.1) is 0 Å². The Morgan fingerprint density at radius 1 is 0.957 bits per heavy atom. The molecule has 0 radical (unpaired) electrons. The lowest BCUT2D eigenvalue weighted by atomic mass is 9.87. The van der Waals surface area contributed by atoms with Crippen LogP contribution in [-0.4, -0.2) is 108 Å². The molecule has 8 nitrogen and oxygen atoms in total. The fourth-order valence-electron chi connectivity index (χ4n) is 6.59. The van der Waals surface area contributed by atoms with Crippen molar-refractivity contribution in [3.8, 4) is 0 Å². The molecule has 0 saturated carbocycles. The fourth-order valence-corrected chi connectivity index (χ4v) is 6.59. The van der Waals surface area contributed by atoms with E-state index in [-0.39, 0.29) is 38.5 Å². The maximum absolute atomic E-state index is 13.7. The van der Waals surface area contributed by atoms with E-state index in [2.05, 4.69) is 4.74 Å². The molecule has 1 aromatic carbocycles. The number of carboxylic acids is 1. The van der Waals surface area contributed by atoms with E-state index in [9.17, 15) is 54.2 Å². The van der Waals surface area contributed by atoms with Crippen LogP contribution in [0, 0.1) is 0 Å². The molecule has 0 aliphatic carbocycles. The van der Waals surface area contributed by atoms with Crippen molar-refractivity contribution in [1.29, 1.82) is 0 Å². The second kappa shape index (κ2) is 13.3. The SMILES string of the molecule is CN(Cc1ccc(C(F)(F)F)cc1N1CCC(N2CCC[C@@H]2C(=O)O)CC1)C1(C)CCN(C(=O)OC(C(F)(F)F)C(F)(F)F)CC1. The molecular formula is C29H37F9N4O4. The highest BCUT2D eigenvalue weighted by Gasteiger charge is 2.60. The molecule has 3 aliphatic heterocycles. The zero-order chi connectivity index (χ0) is 34.2. The Hall–Kier alpha value is -2.95. The van der Waals surface area contributed by atoms with Gasteiger partial charge in [0.1, 0.15) is 6.04 Å². The molecule has 1 amide bonds. The average Bonchev–Trinajstić information content (AvgIpc) is 3.45. The normalized spacial score (nSPS) is 22.2. The third-order valence-electron chi connectivity index (χ3n) is 9.51. The van der Waals surface area contributed by atoms with Crippen LogP contribution in [0.1, 0.15) is 56.6 Å². The van der Waals surface area contributed by atoms with Gasteiger partial charge in [-0.05, 0) is 76.7 Å². The number of alkyl halides is 9. The number of amides is 1. The van der Waals surface area contributed by atoms with Gasteiger partial charge in [0.05, 0.1) is 5.56 Å². The van der Waals surface area contributed by atoms with Crippen molar-refractivity contribution in [2.75, 3.05) is 44.7 Å². The van der Waals surface area contributed by atoms with Crippen molar-refractivity contribution in [1.82, 2.24) is 14.7 Å². The van der Waals surface area contributed by atoms with Crippen LogP contribution in [-0.2, 0) is 22.3 Å². The molecule has 0 unspecified atom stereocenters. The number of carbonyl (C=O) groups excluding carboxylic acids is 1. The number of ether oxygens (including phenoxy) is 1. The molecule has 3 saturated heterocycles. The van der Waals surface area contributed by atoms with Crippen molar-refractivity contribution < 1.29 is 58.9 Å². The number of piperidine rings is 2. The van der Waals surface area contributed by atoms with Crippen LogP contribution < -0.4 is 4.90 Å². The van der Waals surface area contributed by atoms with Crippen molar-refractivity contribution >= 4 is 17.7 Å². The van der Waals surface area contributed by atoms with Crippen LogP contribution in [0.4, 0.5) is 50.0 Å². The highest BCUT2D eigenvalue weighted by Crippen LogP contribution is 2.39. The zero-order valence-electron chi connectivity index (χ0n) is 25.3. The Morgan fingerprint density at radius 3 is 2.07 bits per heavy atom. The lowest BCUT2D eigenvalue weighted by Crippen LogP contribution is -2.54. The van der Waals surface area contributed by atoms with Gasteiger partial charge < -0.3 is 19.6 Å². The van der Waals surface area contributed by atoms with Crippen molar-refractivity contribution in [2.24, 2.45) is 0 Å². The monoisotopic (exact) mass is 676 g/mol. The summed E-state index contributed by atoms with van der Waals surface area (Å²) in [6.45, 7) is 3.07. The van der Waals surface area contributed by atoms with Gasteiger partial charge in [0.2, 0.25) is 0 Å². The highest BCUT2D eigenvalue weighted by atomic mass is 19.4. The molecule has 4 rings (SSSR count). The molecule has 260 valence electrons. The number of anilines is 1. The molecule has 3 aliphatic rings. The molecule has 1 atom stereocenters. The summed E-state index contributed by atoms with van der Waals surface area (Å²) in [7, 11) is 1.71. The van der Waals surface area contributed by atoms with E-state index in [1.807, 2.05) is 14.7 Å². The number of carbonyl (C=O) groups is 2. The largest absolute Gasteiger partial charge is 0.480 e. The lowest BCUT2D eigenvalue weighted by Gasteiger charge is -2.45. The third-order valence-corrected chi connectivity index (χ3v) is 9.51. The zero-order valence-corrected chi connectivity index (χ0v) is 25.3. The lowest BCUT2D eigenvalue weighted by molar-refractivity contribution is -0.308. The molecular weight excluding hydrogens is 639 g/mol. The van der Waals surface area contributed by atoms with E-state index in [1.165, 1.54) is 6.07 Å². The van der Waals surface area contributed by atoms with Crippen LogP contribution >= 0.6 is 0 Å². The topological polar surface area (TPSA) is 76.6 Å². The minimum Gasteiger partial charge on any atom is -0.480 e. The Morgan fingerprint density at radius 2 is 1.54 bits per heavy atom. The minimum absolute atomic E-state index is 0.00454. The first-order valence-electron chi connectivity index (χ1n) is 14.9. The van der Waals surface area contributed by atoms with Crippen LogP contribution in [0.2, 0.25) is 0 Å². The number of rotatable bonds is 7. The number of aliphatic carboxylic acids is 1. The predicted octanol–water partition coefficient (Wildman–Crippen LogP) is 6.14. The maximum atomic E-state index is 13.7. The maximum Gasteiger partial charge on any atom is 0.434 e. The Bertz CT molecular complexity index is 1230. The van der Waals surface area contributed by atoms with Gasteiger partial charge >= 0.3 is 30.6 Å². The first-order chi connectivity index (χ1) is 21.2. The number of carboxylic acid groups (broad SMARTS) is 1. The molecule has 17 heteroatoms. The van der Waals surface area contributed by atoms with Gasteiger partial charge in [0.15, 0.2) is 0 Å². The third kappa shape index (κ3) is 8.12. The smallest absolute Gasteiger partial charge is 0.434 e. The summed E-state index contributed by atoms with van der Waals surface area (Å²) in [6, 6.07) is 2.90. The number of benzene rings is 1. The van der Waals surface area contributed by atoms with E-state index in [1.54, 1.807) is 14.0 Å². The van der Waals surface area contributed by atoms with Gasteiger partial charge in [-0.1, -0.05) is 6.07 Å². The minimum atomic E-state index is -5.83. The highest BCUT2D eigenvalue weighted by molar-refractivity contribution is 5.74. The van der Waals surface area contributed by atoms with Gasteiger partial charge in [-0.3, -0.25) is 14.6 Å². The first kappa shape index (κ1) is 35.9. The average molecular weight is 677 g/mol. The summed E-state index contributed by atoms with van der Waals surface area (Å²) in [4.78, 5) is 30.4. The second-order valence-corrected chi connectivity index (χ2v) is 12.5. The van der Waals surface area contributed by atoms with Gasteiger partial charge in [-0.2, -0.15) is 39.5 Å². The van der Waals surface area contributed by atoms with Crippen molar-refractivity contribution in [2.45, 2.75) is 94.2 Å². The summed E-state index contributed by atoms with van der Waals surface area (Å²) in [5, 5.41) is 9.56. The second-order valence-electron chi connectivity index (χ2n) is 12.5. The van der Waals surface area contributed by atoms with E-state index >= 15 is 0 Å². The fraction of sp³-hybridized carbons (Fsp3) is 0.724. The molecule has 3 fully saturated rings. The molecule has 1 aromatic rings. The molecule has 0 bridgehead atoms. The summed E-state index contributed by atoms with van der Waals surface area (Å²) >= 11 is 0. The summed E-state index contributed by atoms with van der Waals surface area (Å²) in [5.74, 6) is -0.883. The standard InChI is InChI=1S/C29H37F9N4O4/c1-26(9-14-41(15-10-26)25(45)46-24(28(33,34)35)29(36,37)38)39(2)17-18-5-6-19(27(30,31)32)16-22(18)40-12-7-20(8-13-40)42-11-3-4-21(42)23(43)44/h5-6,16,20-21,24H,3-4,7-15,17H2,1-2H3,(H,43,44)/t21-/m1/s1. The Labute approximate surface area is 260 Å². The quantitative estimate of drug-likeness (QED) is 0.348. The van der Waals surface area contributed by atoms with Crippen molar-refractivity contribution in [3.05, 3.63) is 29.3 Å². The van der Waals surface area contributed by atoms with Crippen LogP contribution in [0.5, 0.6) is 0 Å². The predicted molar refractivity (Wildman–Crippen MR) is 147 cm³/mol. The summed E-state index contributed by atoms with van der Waals surface area (Å²) in [6.07, 6.45) is -19.5. The number of hydrogen-bond acceptors (Lipinski definition) is 6. The Balaban J connectivity index is 1.44. The van der Waals surface area contributed by atoms with E-state index in [4.69, 9.17) is 0 Å². The number of halogens is 9. The number of nitrogens with zero attached hydrogens (tertiary/aromatic N) is 4. The van der Waals surface area contributed by atoms with Gasteiger partial charge in [0, 0.05) is 50.0 Å². The van der Waals surface area contributed by atoms with Crippen molar-refractivity contribution in [3.63, 3.8) is 0 Å². The molecule has 3 heterocycles. The van der Waals surface area contributed by atoms with Crippen LogP contribution in [0.25, 0.3) is 0 Å². The van der Waals surface area contributed by atoms with Crippen LogP contribution in [0.15, 0.2) is 18.2 Å². The van der Waals surface area contributed by atoms with Crippen LogP contribution in [0.3, 0.4) is 0 Å². The molecule has 1 N–H and O–H groups in total. The summed E-state index contributed by atoms with van der Waals surface area (Å²) < 4.78 is 122. The molecule has 46 heavy (non-hydrogen) atoms. The number of hydrogen-bond donors (Lipinski definition) is 1. The molecule has 0 aromatic heterocycles. The van der Waals surface area contributed by atoms with E-state index < -0.39 is 53.8 Å². The number of likely N-dealkylation sites (tertiary alicyclic amines) is 2. The van der Waals surface area contributed by atoms with Gasteiger partial charge in [0.25, 0.3) is 6.10 Å². The summed E-state index contributed by atoms with van der Waals surface area (Å²) in [5.41, 5.74) is -0.555. The first-order valence-corrected chi connectivity index (χ1v) is 14.9. The van der Waals surface area contributed by atoms with E-state index in [0.29, 0.717) is 50.1 Å². The molecule has 0 spiro atoms.